The molecule has 0 atom stereocenters. The van der Waals surface area contributed by atoms with Crippen LogP contribution in [0.25, 0.3) is 0 Å². The molecule has 196 valence electrons. The Balaban J connectivity index is 1.46. The standard InChI is InChI=1S/C30H44N2O2P2/c1-33-27-17-13-25(14-18-27)31-21-35(29-9-5-3-6-10-29)23-32(26-15-19-28(34-2)20-16-26)24-36(22-31)30-11-7-4-8-12-30/h13-20,29-30H,3-12,21-24H2,1-2H3. The third kappa shape index (κ3) is 6.49. The second-order valence-corrected chi connectivity index (χ2v) is 15.7. The number of anilines is 2. The summed E-state index contributed by atoms with van der Waals surface area (Å²) >= 11 is 0. The number of methoxy groups -OCH3 is 2. The minimum Gasteiger partial charge on any atom is -0.497 e. The molecule has 0 N–H and O–H groups in total. The van der Waals surface area contributed by atoms with Crippen LogP contribution in [0.5, 0.6) is 11.5 Å². The van der Waals surface area contributed by atoms with E-state index in [0.29, 0.717) is 0 Å². The molecule has 2 aromatic carbocycles. The van der Waals surface area contributed by atoms with Crippen molar-refractivity contribution in [2.45, 2.75) is 75.5 Å². The SMILES string of the molecule is COc1ccc(N2CP(C3CCCCC3)CN(c3ccc(OC)cc3)CP(C3CCCCC3)C2)cc1. The van der Waals surface area contributed by atoms with Crippen LogP contribution in [0.4, 0.5) is 11.4 Å². The average molecular weight is 527 g/mol. The van der Waals surface area contributed by atoms with Gasteiger partial charge in [-0.05, 0) is 85.5 Å². The van der Waals surface area contributed by atoms with Crippen molar-refractivity contribution < 1.29 is 9.47 Å². The van der Waals surface area contributed by atoms with E-state index in [9.17, 15) is 0 Å². The molecule has 6 heteroatoms. The largest absolute Gasteiger partial charge is 0.497 e. The molecule has 2 saturated carbocycles. The minimum absolute atomic E-state index is 0.119. The van der Waals surface area contributed by atoms with Gasteiger partial charge in [0.25, 0.3) is 0 Å². The number of rotatable bonds is 6. The predicted molar refractivity (Wildman–Crippen MR) is 158 cm³/mol. The number of benzene rings is 2. The fourth-order valence-electron chi connectivity index (χ4n) is 6.32. The quantitative estimate of drug-likeness (QED) is 0.352. The molecule has 0 unspecified atom stereocenters. The lowest BCUT2D eigenvalue weighted by atomic mass is 10.0. The number of ether oxygens (including phenoxy) is 2. The number of hydrogen-bond acceptors (Lipinski definition) is 4. The van der Waals surface area contributed by atoms with Gasteiger partial charge in [-0.25, -0.2) is 0 Å². The molecule has 36 heavy (non-hydrogen) atoms. The summed E-state index contributed by atoms with van der Waals surface area (Å²) in [5.41, 5.74) is 4.60. The third-order valence-corrected chi connectivity index (χ3v) is 14.4. The summed E-state index contributed by atoms with van der Waals surface area (Å²) in [5, 5.41) is 0. The Kier molecular flexibility index (Phi) is 9.31. The molecule has 5 rings (SSSR count). The summed E-state index contributed by atoms with van der Waals surface area (Å²) in [6.45, 7) is 0. The Morgan fingerprint density at radius 2 is 0.861 bits per heavy atom. The van der Waals surface area contributed by atoms with E-state index in [1.54, 1.807) is 14.2 Å². The van der Waals surface area contributed by atoms with Gasteiger partial charge in [0.2, 0.25) is 0 Å². The lowest BCUT2D eigenvalue weighted by Crippen LogP contribution is -2.38. The van der Waals surface area contributed by atoms with E-state index in [1.807, 2.05) is 0 Å². The first kappa shape index (κ1) is 26.1. The lowest BCUT2D eigenvalue weighted by molar-refractivity contribution is 0.414. The normalized spacial score (nSPS) is 24.7. The predicted octanol–water partition coefficient (Wildman–Crippen LogP) is 8.49. The molecule has 0 amide bonds. The van der Waals surface area contributed by atoms with Gasteiger partial charge in [0.05, 0.1) is 14.2 Å². The van der Waals surface area contributed by atoms with Crippen LogP contribution in [0.2, 0.25) is 0 Å². The molecular weight excluding hydrogens is 482 g/mol. The zero-order chi connectivity index (χ0) is 24.7. The van der Waals surface area contributed by atoms with Crippen molar-refractivity contribution in [3.8, 4) is 11.5 Å². The molecule has 0 spiro atoms. The van der Waals surface area contributed by atoms with E-state index in [-0.39, 0.29) is 15.8 Å². The third-order valence-electron chi connectivity index (χ3n) is 8.47. The van der Waals surface area contributed by atoms with Crippen molar-refractivity contribution in [1.29, 1.82) is 0 Å². The van der Waals surface area contributed by atoms with Crippen LogP contribution in [0.1, 0.15) is 64.2 Å². The molecule has 1 aliphatic heterocycles. The summed E-state index contributed by atoms with van der Waals surface area (Å²) in [6.07, 6.45) is 19.2. The van der Waals surface area contributed by atoms with Crippen LogP contribution < -0.4 is 19.3 Å². The zero-order valence-corrected chi connectivity index (χ0v) is 24.1. The first-order valence-corrected chi connectivity index (χ1v) is 17.6. The fraction of sp³-hybridized carbons (Fsp3) is 0.600. The average Bonchev–Trinajstić information content (AvgIpc) is 2.94. The molecule has 3 aliphatic rings. The van der Waals surface area contributed by atoms with E-state index < -0.39 is 0 Å². The number of hydrogen-bond donors (Lipinski definition) is 0. The van der Waals surface area contributed by atoms with E-state index in [0.717, 1.165) is 22.8 Å². The highest BCUT2D eigenvalue weighted by molar-refractivity contribution is 7.60. The Hall–Kier alpha value is -1.50. The van der Waals surface area contributed by atoms with Crippen molar-refractivity contribution in [3.05, 3.63) is 48.5 Å². The Morgan fingerprint density at radius 1 is 0.528 bits per heavy atom. The second kappa shape index (κ2) is 12.8. The molecule has 1 heterocycles. The maximum Gasteiger partial charge on any atom is 0.119 e. The highest BCUT2D eigenvalue weighted by atomic mass is 31.1. The molecule has 4 nitrogen and oxygen atoms in total. The number of nitrogens with zero attached hydrogens (tertiary/aromatic N) is 2. The topological polar surface area (TPSA) is 24.9 Å². The summed E-state index contributed by atoms with van der Waals surface area (Å²) < 4.78 is 11.0. The van der Waals surface area contributed by atoms with Crippen LogP contribution in [0.15, 0.2) is 48.5 Å². The highest BCUT2D eigenvalue weighted by Gasteiger charge is 2.34. The van der Waals surface area contributed by atoms with Gasteiger partial charge >= 0.3 is 0 Å². The molecule has 3 fully saturated rings. The maximum atomic E-state index is 5.49. The Bertz CT molecular complexity index is 837. The van der Waals surface area contributed by atoms with Crippen LogP contribution >= 0.6 is 15.8 Å². The molecule has 1 saturated heterocycles. The van der Waals surface area contributed by atoms with Gasteiger partial charge in [-0.15, -0.1) is 0 Å². The monoisotopic (exact) mass is 526 g/mol. The van der Waals surface area contributed by atoms with Gasteiger partial charge < -0.3 is 19.3 Å². The van der Waals surface area contributed by atoms with Gasteiger partial charge in [-0.1, -0.05) is 54.4 Å². The van der Waals surface area contributed by atoms with Crippen LogP contribution in [-0.2, 0) is 0 Å². The van der Waals surface area contributed by atoms with E-state index >= 15 is 0 Å². The fourth-order valence-corrected chi connectivity index (χ4v) is 12.7. The second-order valence-electron chi connectivity index (χ2n) is 10.8. The summed E-state index contributed by atoms with van der Waals surface area (Å²) in [7, 11) is 3.30. The van der Waals surface area contributed by atoms with E-state index in [2.05, 4.69) is 58.3 Å². The molecule has 0 radical (unpaired) electrons. The summed E-state index contributed by atoms with van der Waals surface area (Å²) in [6, 6.07) is 17.9. The first-order chi connectivity index (χ1) is 17.7. The molecule has 2 aliphatic carbocycles. The minimum atomic E-state index is -0.119. The Labute approximate surface area is 221 Å². The van der Waals surface area contributed by atoms with Gasteiger partial charge in [-0.3, -0.25) is 0 Å². The maximum absolute atomic E-state index is 5.49. The van der Waals surface area contributed by atoms with Crippen molar-refractivity contribution >= 4 is 27.2 Å². The van der Waals surface area contributed by atoms with Gasteiger partial charge in [0.15, 0.2) is 0 Å². The molecular formula is C30H44N2O2P2. The van der Waals surface area contributed by atoms with E-state index in [1.165, 1.54) is 101 Å². The summed E-state index contributed by atoms with van der Waals surface area (Å²) in [5.74, 6) is 1.92. The molecule has 0 aromatic heterocycles. The smallest absolute Gasteiger partial charge is 0.119 e. The van der Waals surface area contributed by atoms with Gasteiger partial charge in [0.1, 0.15) is 11.5 Å². The first-order valence-electron chi connectivity index (χ1n) is 14.0. The lowest BCUT2D eigenvalue weighted by Gasteiger charge is -2.46. The van der Waals surface area contributed by atoms with Crippen molar-refractivity contribution in [3.63, 3.8) is 0 Å². The molecule has 0 bridgehead atoms. The van der Waals surface area contributed by atoms with Gasteiger partial charge in [-0.2, -0.15) is 0 Å². The van der Waals surface area contributed by atoms with Crippen LogP contribution in [-0.4, -0.2) is 50.7 Å². The zero-order valence-electron chi connectivity index (χ0n) is 22.3. The van der Waals surface area contributed by atoms with Crippen molar-refractivity contribution in [2.75, 3.05) is 49.2 Å². The molecule has 2 aromatic rings. The van der Waals surface area contributed by atoms with Crippen LogP contribution in [0, 0.1) is 0 Å². The van der Waals surface area contributed by atoms with E-state index in [4.69, 9.17) is 9.47 Å². The van der Waals surface area contributed by atoms with Crippen LogP contribution in [0.3, 0.4) is 0 Å². The summed E-state index contributed by atoms with van der Waals surface area (Å²) in [4.78, 5) is 5.62. The van der Waals surface area contributed by atoms with Gasteiger partial charge in [0, 0.05) is 36.5 Å². The van der Waals surface area contributed by atoms with Crippen molar-refractivity contribution in [2.24, 2.45) is 0 Å². The Morgan fingerprint density at radius 3 is 1.17 bits per heavy atom. The van der Waals surface area contributed by atoms with Crippen molar-refractivity contribution in [1.82, 2.24) is 0 Å². The highest BCUT2D eigenvalue weighted by Crippen LogP contribution is 2.56.